The number of alkyl halides is 3. The van der Waals surface area contributed by atoms with Gasteiger partial charge in [-0.25, -0.2) is 4.98 Å². The predicted molar refractivity (Wildman–Crippen MR) is 125 cm³/mol. The quantitative estimate of drug-likeness (QED) is 0.454. The molecule has 3 rings (SSSR count). The van der Waals surface area contributed by atoms with E-state index in [2.05, 4.69) is 15.0 Å². The van der Waals surface area contributed by atoms with E-state index in [1.54, 1.807) is 18.6 Å². The fraction of sp³-hybridized carbons (Fsp3) is 0.480. The van der Waals surface area contributed by atoms with Gasteiger partial charge in [-0.1, -0.05) is 13.8 Å². The summed E-state index contributed by atoms with van der Waals surface area (Å²) >= 11 is 0. The number of hydrogen-bond donors (Lipinski definition) is 2. The zero-order valence-corrected chi connectivity index (χ0v) is 20.1. The zero-order valence-electron chi connectivity index (χ0n) is 20.1. The van der Waals surface area contributed by atoms with E-state index < -0.39 is 24.5 Å². The van der Waals surface area contributed by atoms with Gasteiger partial charge >= 0.3 is 6.18 Å². The summed E-state index contributed by atoms with van der Waals surface area (Å²) in [7, 11) is 0. The Hall–Kier alpha value is -2.94. The highest BCUT2D eigenvalue weighted by molar-refractivity contribution is 5.93. The van der Waals surface area contributed by atoms with Crippen molar-refractivity contribution < 1.29 is 22.7 Å². The third-order valence-corrected chi connectivity index (χ3v) is 5.43. The van der Waals surface area contributed by atoms with Gasteiger partial charge in [0.05, 0.1) is 12.2 Å². The van der Waals surface area contributed by atoms with Crippen LogP contribution in [0.2, 0.25) is 0 Å². The summed E-state index contributed by atoms with van der Waals surface area (Å²) in [5, 5.41) is 2.92. The van der Waals surface area contributed by atoms with Crippen molar-refractivity contribution >= 4 is 16.9 Å². The molecule has 0 aliphatic carbocycles. The van der Waals surface area contributed by atoms with Crippen molar-refractivity contribution in [3.8, 4) is 11.1 Å². The predicted octanol–water partition coefficient (Wildman–Crippen LogP) is 5.43. The molecule has 3 aromatic rings. The van der Waals surface area contributed by atoms with Gasteiger partial charge in [0.25, 0.3) is 0 Å². The van der Waals surface area contributed by atoms with Crippen LogP contribution in [0.3, 0.4) is 0 Å². The minimum Gasteiger partial charge on any atom is -0.371 e. The largest absolute Gasteiger partial charge is 0.405 e. The Kier molecular flexibility index (Phi) is 7.65. The van der Waals surface area contributed by atoms with Crippen LogP contribution in [0.25, 0.3) is 22.2 Å². The second kappa shape index (κ2) is 10.1. The van der Waals surface area contributed by atoms with Crippen molar-refractivity contribution in [1.29, 1.82) is 0 Å². The third-order valence-electron chi connectivity index (χ3n) is 5.43. The molecular weight excluding hydrogens is 445 g/mol. The molecule has 0 saturated carbocycles. The summed E-state index contributed by atoms with van der Waals surface area (Å²) in [4.78, 5) is 24.4. The van der Waals surface area contributed by atoms with E-state index in [9.17, 15) is 18.0 Å². The van der Waals surface area contributed by atoms with Gasteiger partial charge in [0, 0.05) is 47.2 Å². The van der Waals surface area contributed by atoms with E-state index in [4.69, 9.17) is 4.74 Å². The molecule has 0 bridgehead atoms. The van der Waals surface area contributed by atoms with Crippen LogP contribution in [-0.4, -0.2) is 39.2 Å². The molecule has 0 unspecified atom stereocenters. The number of amides is 1. The zero-order chi connectivity index (χ0) is 25.1. The Labute approximate surface area is 197 Å². The smallest absolute Gasteiger partial charge is 0.371 e. The van der Waals surface area contributed by atoms with Crippen LogP contribution in [0.15, 0.2) is 36.9 Å². The number of carbonyl (C=O) groups is 1. The minimum absolute atomic E-state index is 0.139. The number of aromatic nitrogens is 3. The summed E-state index contributed by atoms with van der Waals surface area (Å²) in [6.07, 6.45) is 2.83. The molecule has 0 fully saturated rings. The fourth-order valence-corrected chi connectivity index (χ4v) is 3.61. The SMILES string of the molecule is CC(C)[C@@H](Cc1cncc(-c2c[nH]c3ncc(COC(C)(C)C)cc23)c1)C(=O)NCC(F)(F)F. The van der Waals surface area contributed by atoms with Crippen molar-refractivity contribution in [2.45, 2.75) is 59.4 Å². The van der Waals surface area contributed by atoms with Gasteiger partial charge in [-0.2, -0.15) is 13.2 Å². The van der Waals surface area contributed by atoms with E-state index in [0.29, 0.717) is 6.61 Å². The third kappa shape index (κ3) is 7.03. The number of hydrogen-bond acceptors (Lipinski definition) is 4. The Balaban J connectivity index is 1.83. The van der Waals surface area contributed by atoms with Crippen LogP contribution >= 0.6 is 0 Å². The van der Waals surface area contributed by atoms with Crippen LogP contribution in [0.4, 0.5) is 13.2 Å². The highest BCUT2D eigenvalue weighted by Gasteiger charge is 2.30. The molecule has 0 aliphatic rings. The van der Waals surface area contributed by atoms with Gasteiger partial charge < -0.3 is 15.0 Å². The number of carbonyl (C=O) groups excluding carboxylic acids is 1. The standard InChI is InChI=1S/C25H31F3N4O2/c1-15(2)19(23(33)32-14-25(26,27)28)7-16-6-18(11-29-9-16)21-12-31-22-20(21)8-17(10-30-22)13-34-24(3,4)5/h6,8-12,15,19H,7,13-14H2,1-5H3,(H,30,31)(H,32,33)/t19-/m1/s1. The van der Waals surface area contributed by atoms with Gasteiger partial charge in [0.2, 0.25) is 5.91 Å². The molecule has 9 heteroatoms. The number of aromatic amines is 1. The van der Waals surface area contributed by atoms with Crippen LogP contribution in [-0.2, 0) is 22.6 Å². The molecule has 1 atom stereocenters. The Bertz CT molecular complexity index is 1130. The molecule has 0 aliphatic heterocycles. The van der Waals surface area contributed by atoms with Crippen LogP contribution in [0, 0.1) is 11.8 Å². The normalized spacial score (nSPS) is 13.4. The monoisotopic (exact) mass is 476 g/mol. The van der Waals surface area contributed by atoms with Crippen LogP contribution in [0.5, 0.6) is 0 Å². The first-order chi connectivity index (χ1) is 15.8. The number of pyridine rings is 2. The maximum Gasteiger partial charge on any atom is 0.405 e. The van der Waals surface area contributed by atoms with E-state index in [1.165, 1.54) is 0 Å². The lowest BCUT2D eigenvalue weighted by molar-refractivity contribution is -0.141. The number of H-pyrrole nitrogens is 1. The molecule has 3 aromatic heterocycles. The molecule has 6 nitrogen and oxygen atoms in total. The molecule has 0 spiro atoms. The van der Waals surface area contributed by atoms with Crippen molar-refractivity contribution in [2.75, 3.05) is 6.54 Å². The molecular formula is C25H31F3N4O2. The Morgan fingerprint density at radius 3 is 2.50 bits per heavy atom. The van der Waals surface area contributed by atoms with Crippen LogP contribution < -0.4 is 5.32 Å². The highest BCUT2D eigenvalue weighted by atomic mass is 19.4. The average molecular weight is 477 g/mol. The average Bonchev–Trinajstić information content (AvgIpc) is 3.16. The Morgan fingerprint density at radius 2 is 1.85 bits per heavy atom. The van der Waals surface area contributed by atoms with Gasteiger partial charge in [-0.3, -0.25) is 9.78 Å². The molecule has 34 heavy (non-hydrogen) atoms. The summed E-state index contributed by atoms with van der Waals surface area (Å²) in [5.41, 5.74) is 3.90. The first kappa shape index (κ1) is 25.7. The van der Waals surface area contributed by atoms with Crippen molar-refractivity contribution in [3.63, 3.8) is 0 Å². The highest BCUT2D eigenvalue weighted by Crippen LogP contribution is 2.30. The molecule has 0 radical (unpaired) electrons. The van der Waals surface area contributed by atoms with Crippen molar-refractivity contribution in [2.24, 2.45) is 11.8 Å². The number of halogens is 3. The summed E-state index contributed by atoms with van der Waals surface area (Å²) in [5.74, 6) is -1.36. The maximum atomic E-state index is 12.5. The summed E-state index contributed by atoms with van der Waals surface area (Å²) in [6.45, 7) is 8.71. The first-order valence-electron chi connectivity index (χ1n) is 11.2. The number of nitrogens with one attached hydrogen (secondary N) is 2. The molecule has 1 amide bonds. The number of ether oxygens (including phenoxy) is 1. The maximum absolute atomic E-state index is 12.5. The van der Waals surface area contributed by atoms with E-state index in [0.717, 1.165) is 33.3 Å². The van der Waals surface area contributed by atoms with E-state index in [1.807, 2.05) is 58.3 Å². The van der Waals surface area contributed by atoms with Gasteiger partial charge in [-0.15, -0.1) is 0 Å². The lowest BCUT2D eigenvalue weighted by Crippen LogP contribution is -2.40. The second-order valence-corrected chi connectivity index (χ2v) is 9.81. The lowest BCUT2D eigenvalue weighted by Gasteiger charge is -2.21. The molecule has 3 heterocycles. The first-order valence-corrected chi connectivity index (χ1v) is 11.2. The summed E-state index contributed by atoms with van der Waals surface area (Å²) < 4.78 is 43.5. The molecule has 184 valence electrons. The van der Waals surface area contributed by atoms with Crippen molar-refractivity contribution in [1.82, 2.24) is 20.3 Å². The number of rotatable bonds is 8. The number of fused-ring (bicyclic) bond motifs is 1. The van der Waals surface area contributed by atoms with E-state index in [-0.39, 0.29) is 17.9 Å². The second-order valence-electron chi connectivity index (χ2n) is 9.81. The minimum atomic E-state index is -4.45. The van der Waals surface area contributed by atoms with Gasteiger partial charge in [-0.05, 0) is 56.4 Å². The van der Waals surface area contributed by atoms with Gasteiger partial charge in [0.15, 0.2) is 0 Å². The number of nitrogens with zero attached hydrogens (tertiary/aromatic N) is 2. The van der Waals surface area contributed by atoms with E-state index >= 15 is 0 Å². The summed E-state index contributed by atoms with van der Waals surface area (Å²) in [6, 6.07) is 3.94. The molecule has 2 N–H and O–H groups in total. The lowest BCUT2D eigenvalue weighted by atomic mass is 9.88. The molecule has 0 saturated heterocycles. The fourth-order valence-electron chi connectivity index (χ4n) is 3.61. The van der Waals surface area contributed by atoms with Crippen LogP contribution in [0.1, 0.15) is 45.7 Å². The Morgan fingerprint density at radius 1 is 1.12 bits per heavy atom. The van der Waals surface area contributed by atoms with Gasteiger partial charge in [0.1, 0.15) is 12.2 Å². The molecule has 0 aromatic carbocycles. The topological polar surface area (TPSA) is 79.9 Å². The van der Waals surface area contributed by atoms with Crippen molar-refractivity contribution in [3.05, 3.63) is 48.0 Å².